The van der Waals surface area contributed by atoms with Crippen LogP contribution in [0.5, 0.6) is 0 Å². The van der Waals surface area contributed by atoms with Crippen molar-refractivity contribution < 1.29 is 4.42 Å². The summed E-state index contributed by atoms with van der Waals surface area (Å²) in [6.07, 6.45) is 5.73. The Hall–Kier alpha value is -1.18. The normalized spacial score (nSPS) is 16.2. The van der Waals surface area contributed by atoms with E-state index in [2.05, 4.69) is 0 Å². The monoisotopic (exact) mass is 135 g/mol. The van der Waals surface area contributed by atoms with Crippen molar-refractivity contribution in [3.63, 3.8) is 0 Å². The Morgan fingerprint density at radius 3 is 3.20 bits per heavy atom. The van der Waals surface area contributed by atoms with Gasteiger partial charge >= 0.3 is 0 Å². The summed E-state index contributed by atoms with van der Waals surface area (Å²) in [6, 6.07) is 1.92. The maximum atomic E-state index is 5.69. The zero-order valence-electron chi connectivity index (χ0n) is 5.63. The lowest BCUT2D eigenvalue weighted by atomic mass is 10.0. The first-order valence-electron chi connectivity index (χ1n) is 3.40. The molecular weight excluding hydrogens is 126 g/mol. The van der Waals surface area contributed by atoms with Crippen LogP contribution in [-0.2, 0) is 6.42 Å². The Morgan fingerprint density at radius 2 is 2.40 bits per heavy atom. The van der Waals surface area contributed by atoms with Gasteiger partial charge < -0.3 is 10.2 Å². The summed E-state index contributed by atoms with van der Waals surface area (Å²) in [5.74, 6) is 1.03. The molecule has 0 saturated heterocycles. The summed E-state index contributed by atoms with van der Waals surface area (Å²) in [4.78, 5) is 0. The fourth-order valence-electron chi connectivity index (χ4n) is 1.26. The molecule has 1 aliphatic carbocycles. The van der Waals surface area contributed by atoms with Crippen molar-refractivity contribution >= 4 is 5.70 Å². The molecule has 0 aromatic carbocycles. The average Bonchev–Trinajstić information content (AvgIpc) is 2.36. The maximum absolute atomic E-state index is 5.69. The maximum Gasteiger partial charge on any atom is 0.113 e. The molecule has 52 valence electrons. The molecule has 0 amide bonds. The molecule has 1 aromatic heterocycles. The van der Waals surface area contributed by atoms with E-state index in [1.54, 1.807) is 6.26 Å². The third-order valence-electron chi connectivity index (χ3n) is 1.79. The number of hydrogen-bond acceptors (Lipinski definition) is 2. The lowest BCUT2D eigenvalue weighted by Gasteiger charge is -2.06. The largest absolute Gasteiger partial charge is 0.469 e. The van der Waals surface area contributed by atoms with E-state index in [4.69, 9.17) is 10.2 Å². The summed E-state index contributed by atoms with van der Waals surface area (Å²) in [5, 5.41) is 0. The van der Waals surface area contributed by atoms with Crippen LogP contribution in [0.1, 0.15) is 17.7 Å². The van der Waals surface area contributed by atoms with Gasteiger partial charge in [-0.2, -0.15) is 0 Å². The van der Waals surface area contributed by atoms with E-state index < -0.39 is 0 Å². The molecule has 0 radical (unpaired) electrons. The van der Waals surface area contributed by atoms with Gasteiger partial charge in [-0.1, -0.05) is 6.08 Å². The molecule has 0 saturated carbocycles. The highest BCUT2D eigenvalue weighted by Gasteiger charge is 2.11. The van der Waals surface area contributed by atoms with Crippen LogP contribution in [0.15, 0.2) is 22.8 Å². The smallest absolute Gasteiger partial charge is 0.113 e. The molecule has 10 heavy (non-hydrogen) atoms. The van der Waals surface area contributed by atoms with Gasteiger partial charge in [-0.05, 0) is 12.5 Å². The first-order chi connectivity index (χ1) is 4.88. The highest BCUT2D eigenvalue weighted by atomic mass is 16.3. The fraction of sp³-hybridized carbons (Fsp3) is 0.250. The Bertz CT molecular complexity index is 273. The number of nitrogens with two attached hydrogens (primary N) is 1. The third kappa shape index (κ3) is 0.652. The molecule has 0 fully saturated rings. The number of rotatable bonds is 0. The summed E-state index contributed by atoms with van der Waals surface area (Å²) in [5.41, 5.74) is 7.62. The van der Waals surface area contributed by atoms with Gasteiger partial charge in [-0.25, -0.2) is 0 Å². The third-order valence-corrected chi connectivity index (χ3v) is 1.79. The number of hydrogen-bond donors (Lipinski definition) is 1. The van der Waals surface area contributed by atoms with Crippen molar-refractivity contribution in [2.45, 2.75) is 12.8 Å². The highest BCUT2D eigenvalue weighted by Crippen LogP contribution is 2.23. The predicted octanol–water partition coefficient (Wildman–Crippen LogP) is 1.53. The van der Waals surface area contributed by atoms with Crippen molar-refractivity contribution in [2.75, 3.05) is 0 Å². The summed E-state index contributed by atoms with van der Waals surface area (Å²) in [7, 11) is 0. The van der Waals surface area contributed by atoms with Crippen LogP contribution in [0.4, 0.5) is 0 Å². The van der Waals surface area contributed by atoms with Crippen LogP contribution >= 0.6 is 0 Å². The first kappa shape index (κ1) is 5.59. The van der Waals surface area contributed by atoms with E-state index in [-0.39, 0.29) is 0 Å². The molecule has 0 atom stereocenters. The zero-order chi connectivity index (χ0) is 6.97. The summed E-state index contributed by atoms with van der Waals surface area (Å²) in [6.45, 7) is 0. The molecule has 1 heterocycles. The Morgan fingerprint density at radius 1 is 1.50 bits per heavy atom. The second-order valence-electron chi connectivity index (χ2n) is 2.46. The van der Waals surface area contributed by atoms with Crippen molar-refractivity contribution in [1.82, 2.24) is 0 Å². The first-order valence-corrected chi connectivity index (χ1v) is 3.40. The standard InChI is InChI=1S/C8H9NO/c9-7-2-1-3-8-6(7)4-5-10-8/h2,4-5H,1,3,9H2. The molecule has 1 aliphatic rings. The fourth-order valence-corrected chi connectivity index (χ4v) is 1.26. The van der Waals surface area contributed by atoms with Gasteiger partial charge in [0.1, 0.15) is 5.76 Å². The molecule has 2 nitrogen and oxygen atoms in total. The second-order valence-corrected chi connectivity index (χ2v) is 2.46. The lowest BCUT2D eigenvalue weighted by molar-refractivity contribution is 0.507. The molecule has 0 aliphatic heterocycles. The van der Waals surface area contributed by atoms with Gasteiger partial charge in [0.15, 0.2) is 0 Å². The molecule has 0 unspecified atom stereocenters. The van der Waals surface area contributed by atoms with Crippen LogP contribution in [0.2, 0.25) is 0 Å². The Kier molecular flexibility index (Phi) is 1.07. The minimum atomic E-state index is 0.856. The van der Waals surface area contributed by atoms with Crippen LogP contribution < -0.4 is 5.73 Å². The average molecular weight is 135 g/mol. The van der Waals surface area contributed by atoms with Crippen molar-refractivity contribution in [3.8, 4) is 0 Å². The lowest BCUT2D eigenvalue weighted by Crippen LogP contribution is -2.02. The van der Waals surface area contributed by atoms with E-state index in [0.717, 1.165) is 29.9 Å². The topological polar surface area (TPSA) is 39.2 Å². The molecule has 2 N–H and O–H groups in total. The van der Waals surface area contributed by atoms with Crippen molar-refractivity contribution in [3.05, 3.63) is 29.7 Å². The van der Waals surface area contributed by atoms with E-state index >= 15 is 0 Å². The SMILES string of the molecule is NC1=CCCc2occc21. The minimum Gasteiger partial charge on any atom is -0.469 e. The molecule has 0 spiro atoms. The van der Waals surface area contributed by atoms with Crippen LogP contribution in [0.3, 0.4) is 0 Å². The number of fused-ring (bicyclic) bond motifs is 1. The number of aryl methyl sites for hydroxylation is 1. The highest BCUT2D eigenvalue weighted by molar-refractivity contribution is 5.65. The van der Waals surface area contributed by atoms with Crippen molar-refractivity contribution in [2.24, 2.45) is 5.73 Å². The predicted molar refractivity (Wildman–Crippen MR) is 39.2 cm³/mol. The van der Waals surface area contributed by atoms with Gasteiger partial charge in [0.25, 0.3) is 0 Å². The molecule has 2 heteroatoms. The summed E-state index contributed by atoms with van der Waals surface area (Å²) >= 11 is 0. The van der Waals surface area contributed by atoms with Gasteiger partial charge in [0, 0.05) is 17.7 Å². The van der Waals surface area contributed by atoms with Crippen LogP contribution in [0, 0.1) is 0 Å². The quantitative estimate of drug-likeness (QED) is 0.585. The van der Waals surface area contributed by atoms with Gasteiger partial charge in [-0.15, -0.1) is 0 Å². The molecule has 2 rings (SSSR count). The van der Waals surface area contributed by atoms with E-state index in [1.807, 2.05) is 12.1 Å². The van der Waals surface area contributed by atoms with Crippen LogP contribution in [-0.4, -0.2) is 0 Å². The Balaban J connectivity index is 2.55. The molecule has 0 bridgehead atoms. The minimum absolute atomic E-state index is 0.856. The zero-order valence-corrected chi connectivity index (χ0v) is 5.63. The number of furan rings is 1. The van der Waals surface area contributed by atoms with Gasteiger partial charge in [0.05, 0.1) is 6.26 Å². The number of allylic oxidation sites excluding steroid dienone is 1. The molecule has 1 aromatic rings. The second kappa shape index (κ2) is 1.90. The Labute approximate surface area is 59.3 Å². The van der Waals surface area contributed by atoms with E-state index in [0.29, 0.717) is 0 Å². The van der Waals surface area contributed by atoms with E-state index in [9.17, 15) is 0 Å². The van der Waals surface area contributed by atoms with Crippen molar-refractivity contribution in [1.29, 1.82) is 0 Å². The van der Waals surface area contributed by atoms with E-state index in [1.165, 1.54) is 0 Å². The molecular formula is C8H9NO. The van der Waals surface area contributed by atoms with Gasteiger partial charge in [-0.3, -0.25) is 0 Å². The van der Waals surface area contributed by atoms with Gasteiger partial charge in [0.2, 0.25) is 0 Å². The summed E-state index contributed by atoms with van der Waals surface area (Å²) < 4.78 is 5.21. The van der Waals surface area contributed by atoms with Crippen LogP contribution in [0.25, 0.3) is 5.70 Å².